The Bertz CT molecular complexity index is 246. The highest BCUT2D eigenvalue weighted by molar-refractivity contribution is 6.31. The lowest BCUT2D eigenvalue weighted by molar-refractivity contribution is -0.143. The van der Waals surface area contributed by atoms with Gasteiger partial charge in [0, 0.05) is 0 Å². The second kappa shape index (κ2) is 5.85. The first-order valence-electron chi connectivity index (χ1n) is 4.20. The SMILES string of the molecule is CCC(C(=O)OC)C(Cl)=C=C(C)C. The Hall–Kier alpha value is -0.720. The van der Waals surface area contributed by atoms with Crippen molar-refractivity contribution in [3.63, 3.8) is 0 Å². The van der Waals surface area contributed by atoms with E-state index in [9.17, 15) is 4.79 Å². The summed E-state index contributed by atoms with van der Waals surface area (Å²) in [4.78, 5) is 11.2. The van der Waals surface area contributed by atoms with E-state index in [-0.39, 0.29) is 11.9 Å². The van der Waals surface area contributed by atoms with Crippen molar-refractivity contribution in [3.8, 4) is 0 Å². The molecule has 0 aliphatic heterocycles. The van der Waals surface area contributed by atoms with Crippen LogP contribution in [0.25, 0.3) is 0 Å². The van der Waals surface area contributed by atoms with Gasteiger partial charge < -0.3 is 4.74 Å². The molecule has 0 saturated heterocycles. The van der Waals surface area contributed by atoms with Crippen molar-refractivity contribution in [3.05, 3.63) is 16.3 Å². The number of halogens is 1. The van der Waals surface area contributed by atoms with Gasteiger partial charge in [-0.3, -0.25) is 4.79 Å². The van der Waals surface area contributed by atoms with Crippen molar-refractivity contribution >= 4 is 17.6 Å². The number of rotatable bonds is 3. The molecule has 0 rings (SSSR count). The highest BCUT2D eigenvalue weighted by atomic mass is 35.5. The lowest BCUT2D eigenvalue weighted by Gasteiger charge is -2.08. The second-order valence-corrected chi connectivity index (χ2v) is 3.36. The van der Waals surface area contributed by atoms with Crippen LogP contribution >= 0.6 is 11.6 Å². The minimum atomic E-state index is -0.374. The van der Waals surface area contributed by atoms with Gasteiger partial charge in [0.05, 0.1) is 18.1 Å². The number of hydrogen-bond acceptors (Lipinski definition) is 2. The molecule has 13 heavy (non-hydrogen) atoms. The van der Waals surface area contributed by atoms with Gasteiger partial charge >= 0.3 is 5.97 Å². The maximum Gasteiger partial charge on any atom is 0.314 e. The Balaban J connectivity index is 4.80. The van der Waals surface area contributed by atoms with Crippen molar-refractivity contribution < 1.29 is 9.53 Å². The summed E-state index contributed by atoms with van der Waals surface area (Å²) in [6.07, 6.45) is 0.631. The van der Waals surface area contributed by atoms with E-state index in [2.05, 4.69) is 10.5 Å². The van der Waals surface area contributed by atoms with Gasteiger partial charge in [-0.15, -0.1) is 5.73 Å². The molecule has 0 aromatic carbocycles. The van der Waals surface area contributed by atoms with Crippen LogP contribution in [0.1, 0.15) is 27.2 Å². The Kier molecular flexibility index (Phi) is 5.52. The predicted octanol–water partition coefficient (Wildman–Crippen LogP) is 2.87. The van der Waals surface area contributed by atoms with E-state index in [0.717, 1.165) is 5.57 Å². The van der Waals surface area contributed by atoms with E-state index >= 15 is 0 Å². The van der Waals surface area contributed by atoms with E-state index in [1.165, 1.54) is 7.11 Å². The maximum atomic E-state index is 11.2. The zero-order chi connectivity index (χ0) is 10.4. The van der Waals surface area contributed by atoms with E-state index < -0.39 is 0 Å². The molecule has 0 aromatic rings. The van der Waals surface area contributed by atoms with Crippen LogP contribution in [0.15, 0.2) is 16.3 Å². The average Bonchev–Trinajstić information content (AvgIpc) is 2.03. The summed E-state index contributed by atoms with van der Waals surface area (Å²) < 4.78 is 4.61. The van der Waals surface area contributed by atoms with Gasteiger partial charge in [0.2, 0.25) is 0 Å². The van der Waals surface area contributed by atoms with Crippen molar-refractivity contribution in [1.29, 1.82) is 0 Å². The first kappa shape index (κ1) is 12.3. The van der Waals surface area contributed by atoms with Gasteiger partial charge in [0.25, 0.3) is 0 Å². The fraction of sp³-hybridized carbons (Fsp3) is 0.600. The second-order valence-electron chi connectivity index (χ2n) is 2.96. The van der Waals surface area contributed by atoms with Crippen molar-refractivity contribution in [1.82, 2.24) is 0 Å². The Morgan fingerprint density at radius 3 is 2.38 bits per heavy atom. The third-order valence-electron chi connectivity index (χ3n) is 1.57. The number of esters is 1. The molecule has 0 saturated carbocycles. The smallest absolute Gasteiger partial charge is 0.314 e. The number of ether oxygens (including phenoxy) is 1. The molecular weight excluding hydrogens is 188 g/mol. The number of hydrogen-bond donors (Lipinski definition) is 0. The van der Waals surface area contributed by atoms with Crippen molar-refractivity contribution in [2.45, 2.75) is 27.2 Å². The molecule has 1 atom stereocenters. The largest absolute Gasteiger partial charge is 0.469 e. The van der Waals surface area contributed by atoms with Gasteiger partial charge in [0.1, 0.15) is 0 Å². The number of methoxy groups -OCH3 is 1. The molecule has 0 N–H and O–H groups in total. The maximum absolute atomic E-state index is 11.2. The van der Waals surface area contributed by atoms with Crippen LogP contribution in [0.2, 0.25) is 0 Å². The summed E-state index contributed by atoms with van der Waals surface area (Å²) in [6, 6.07) is 0. The van der Waals surface area contributed by atoms with Crippen LogP contribution in [0.4, 0.5) is 0 Å². The molecule has 74 valence electrons. The highest BCUT2D eigenvalue weighted by Crippen LogP contribution is 2.19. The standard InChI is InChI=1S/C10H15ClO2/c1-5-8(10(12)13-4)9(11)6-7(2)3/h8H,5H2,1-4H3. The Morgan fingerprint density at radius 1 is 1.54 bits per heavy atom. The molecule has 3 heteroatoms. The van der Waals surface area contributed by atoms with Gasteiger partial charge in [0.15, 0.2) is 0 Å². The zero-order valence-corrected chi connectivity index (χ0v) is 9.23. The van der Waals surface area contributed by atoms with Crippen LogP contribution in [0.5, 0.6) is 0 Å². The van der Waals surface area contributed by atoms with Crippen molar-refractivity contribution in [2.24, 2.45) is 5.92 Å². The van der Waals surface area contributed by atoms with Crippen LogP contribution in [0.3, 0.4) is 0 Å². The minimum absolute atomic E-state index is 0.304. The third kappa shape index (κ3) is 4.16. The summed E-state index contributed by atoms with van der Waals surface area (Å²) in [5, 5.41) is 0.425. The predicted molar refractivity (Wildman–Crippen MR) is 53.5 cm³/mol. The molecular formula is C10H15ClO2. The van der Waals surface area contributed by atoms with Gasteiger partial charge in [-0.1, -0.05) is 18.5 Å². The van der Waals surface area contributed by atoms with Crippen LogP contribution in [-0.4, -0.2) is 13.1 Å². The number of carbonyl (C=O) groups excluding carboxylic acids is 1. The fourth-order valence-electron chi connectivity index (χ4n) is 0.918. The molecule has 0 aliphatic carbocycles. The molecule has 0 radical (unpaired) electrons. The highest BCUT2D eigenvalue weighted by Gasteiger charge is 2.20. The van der Waals surface area contributed by atoms with Gasteiger partial charge in [-0.25, -0.2) is 0 Å². The quantitative estimate of drug-likeness (QED) is 0.520. The molecule has 0 amide bonds. The lowest BCUT2D eigenvalue weighted by Crippen LogP contribution is -2.15. The van der Waals surface area contributed by atoms with Crippen LogP contribution in [-0.2, 0) is 9.53 Å². The first-order chi connectivity index (χ1) is 6.02. The fourth-order valence-corrected chi connectivity index (χ4v) is 1.35. The summed E-state index contributed by atoms with van der Waals surface area (Å²) in [5.41, 5.74) is 3.86. The van der Waals surface area contributed by atoms with E-state index in [0.29, 0.717) is 11.5 Å². The summed E-state index contributed by atoms with van der Waals surface area (Å²) in [5.74, 6) is -0.678. The summed E-state index contributed by atoms with van der Waals surface area (Å²) in [6.45, 7) is 5.65. The van der Waals surface area contributed by atoms with Crippen molar-refractivity contribution in [2.75, 3.05) is 7.11 Å². The summed E-state index contributed by atoms with van der Waals surface area (Å²) in [7, 11) is 1.36. The monoisotopic (exact) mass is 202 g/mol. The van der Waals surface area contributed by atoms with Gasteiger partial charge in [-0.2, -0.15) is 0 Å². The minimum Gasteiger partial charge on any atom is -0.469 e. The lowest BCUT2D eigenvalue weighted by atomic mass is 10.1. The molecule has 0 fully saturated rings. The molecule has 2 nitrogen and oxygen atoms in total. The average molecular weight is 203 g/mol. The molecule has 1 unspecified atom stereocenters. The third-order valence-corrected chi connectivity index (χ3v) is 1.93. The molecule has 0 bridgehead atoms. The zero-order valence-electron chi connectivity index (χ0n) is 8.48. The normalized spacial score (nSPS) is 11.5. The topological polar surface area (TPSA) is 26.3 Å². The molecule has 0 aliphatic rings. The molecule has 0 spiro atoms. The number of carbonyl (C=O) groups is 1. The molecule has 0 aromatic heterocycles. The van der Waals surface area contributed by atoms with Crippen LogP contribution in [0, 0.1) is 5.92 Å². The van der Waals surface area contributed by atoms with Crippen LogP contribution < -0.4 is 0 Å². The van der Waals surface area contributed by atoms with E-state index in [1.807, 2.05) is 20.8 Å². The van der Waals surface area contributed by atoms with Gasteiger partial charge in [-0.05, 0) is 25.8 Å². The summed E-state index contributed by atoms with van der Waals surface area (Å²) >= 11 is 5.90. The Morgan fingerprint density at radius 2 is 2.08 bits per heavy atom. The first-order valence-corrected chi connectivity index (χ1v) is 4.58. The Labute approximate surface area is 84.2 Å². The van der Waals surface area contributed by atoms with E-state index in [4.69, 9.17) is 11.6 Å². The van der Waals surface area contributed by atoms with E-state index in [1.54, 1.807) is 0 Å². The molecule has 0 heterocycles.